The summed E-state index contributed by atoms with van der Waals surface area (Å²) in [5.74, 6) is -4.61. The molecule has 0 aromatic heterocycles. The van der Waals surface area contributed by atoms with Gasteiger partial charge in [-0.1, -0.05) is 13.8 Å². The number of aliphatic carboxylic acids is 2. The Morgan fingerprint density at radius 3 is 2.08 bits per heavy atom. The highest BCUT2D eigenvalue weighted by molar-refractivity contribution is 5.74. The first-order chi connectivity index (χ1) is 10.8. The highest BCUT2D eigenvalue weighted by Crippen LogP contribution is 2.21. The van der Waals surface area contributed by atoms with Crippen molar-refractivity contribution in [1.82, 2.24) is 0 Å². The van der Waals surface area contributed by atoms with E-state index in [0.717, 1.165) is 0 Å². The minimum atomic E-state index is -1.45. The molecule has 0 aromatic carbocycles. The van der Waals surface area contributed by atoms with Crippen molar-refractivity contribution >= 4 is 17.9 Å². The van der Waals surface area contributed by atoms with Crippen molar-refractivity contribution in [2.75, 3.05) is 27.7 Å². The molecular formula is C16H29NO7. The van der Waals surface area contributed by atoms with E-state index < -0.39 is 42.5 Å². The van der Waals surface area contributed by atoms with E-state index in [1.807, 2.05) is 13.8 Å². The van der Waals surface area contributed by atoms with Crippen LogP contribution < -0.4 is 5.11 Å². The summed E-state index contributed by atoms with van der Waals surface area (Å²) in [7, 11) is 5.40. The lowest BCUT2D eigenvalue weighted by Crippen LogP contribution is -2.51. The fourth-order valence-corrected chi connectivity index (χ4v) is 2.33. The number of carbonyl (C=O) groups excluding carboxylic acids is 2. The van der Waals surface area contributed by atoms with Gasteiger partial charge < -0.3 is 29.3 Å². The number of carbonyl (C=O) groups is 3. The molecular weight excluding hydrogens is 318 g/mol. The predicted molar refractivity (Wildman–Crippen MR) is 83.6 cm³/mol. The number of ether oxygens (including phenoxy) is 1. The Morgan fingerprint density at radius 2 is 1.71 bits per heavy atom. The van der Waals surface area contributed by atoms with Crippen LogP contribution in [-0.4, -0.2) is 72.5 Å². The molecule has 0 bridgehead atoms. The SMILES string of the molecule is CC(C)CC(=O)OC(C[N+](C)(C)C)C(C(=O)O)C(O)CCC(=O)[O-]. The predicted octanol–water partition coefficient (Wildman–Crippen LogP) is -0.758. The van der Waals surface area contributed by atoms with Crippen LogP contribution in [0.5, 0.6) is 0 Å². The van der Waals surface area contributed by atoms with E-state index >= 15 is 0 Å². The number of aliphatic hydroxyl groups excluding tert-OH is 1. The average Bonchev–Trinajstić information content (AvgIpc) is 2.32. The monoisotopic (exact) mass is 347 g/mol. The van der Waals surface area contributed by atoms with Crippen molar-refractivity contribution in [1.29, 1.82) is 0 Å². The minimum absolute atomic E-state index is 0.0496. The standard InChI is InChI=1S/C16H29NO7/c1-10(2)8-14(21)24-12(9-17(3,4)5)15(16(22)23)11(18)6-7-13(19)20/h10-12,15,18H,6-9H2,1-5H3,(H-,19,20,22,23). The molecule has 0 radical (unpaired) electrons. The zero-order valence-corrected chi connectivity index (χ0v) is 15.0. The summed E-state index contributed by atoms with van der Waals surface area (Å²) in [4.78, 5) is 34.1. The molecule has 8 nitrogen and oxygen atoms in total. The number of esters is 1. The number of aliphatic hydroxyl groups is 1. The average molecular weight is 347 g/mol. The van der Waals surface area contributed by atoms with Crippen LogP contribution in [0.1, 0.15) is 33.1 Å². The summed E-state index contributed by atoms with van der Waals surface area (Å²) in [5, 5.41) is 30.1. The lowest BCUT2D eigenvalue weighted by Gasteiger charge is -2.33. The molecule has 0 saturated heterocycles. The molecule has 0 heterocycles. The number of carboxylic acids is 2. The highest BCUT2D eigenvalue weighted by Gasteiger charge is 2.40. The van der Waals surface area contributed by atoms with Crippen LogP contribution >= 0.6 is 0 Å². The maximum Gasteiger partial charge on any atom is 0.313 e. The third kappa shape index (κ3) is 9.46. The third-order valence-electron chi connectivity index (χ3n) is 3.33. The molecule has 8 heteroatoms. The smallest absolute Gasteiger partial charge is 0.313 e. The summed E-state index contributed by atoms with van der Waals surface area (Å²) < 4.78 is 5.65. The van der Waals surface area contributed by atoms with Gasteiger partial charge in [0.15, 0.2) is 6.10 Å². The van der Waals surface area contributed by atoms with Gasteiger partial charge in [0, 0.05) is 12.4 Å². The van der Waals surface area contributed by atoms with E-state index in [1.54, 1.807) is 21.1 Å². The second-order valence-corrected chi connectivity index (χ2v) is 7.44. The molecule has 2 N–H and O–H groups in total. The van der Waals surface area contributed by atoms with Crippen molar-refractivity contribution in [2.45, 2.75) is 45.3 Å². The van der Waals surface area contributed by atoms with E-state index in [-0.39, 0.29) is 25.3 Å². The van der Waals surface area contributed by atoms with E-state index in [0.29, 0.717) is 4.48 Å². The summed E-state index contributed by atoms with van der Waals surface area (Å²) in [5.41, 5.74) is 0. The number of hydrogen-bond donors (Lipinski definition) is 2. The van der Waals surface area contributed by atoms with E-state index in [1.165, 1.54) is 0 Å². The van der Waals surface area contributed by atoms with Gasteiger partial charge in [-0.2, -0.15) is 0 Å². The second kappa shape index (κ2) is 9.58. The van der Waals surface area contributed by atoms with Crippen LogP contribution in [0.25, 0.3) is 0 Å². The van der Waals surface area contributed by atoms with Crippen LogP contribution in [-0.2, 0) is 19.1 Å². The normalized spacial score (nSPS) is 15.6. The molecule has 0 saturated carbocycles. The molecule has 0 aliphatic rings. The maximum absolute atomic E-state index is 12.0. The number of nitrogens with zero attached hydrogens (tertiary/aromatic N) is 1. The van der Waals surface area contributed by atoms with Crippen molar-refractivity contribution in [3.05, 3.63) is 0 Å². The third-order valence-corrected chi connectivity index (χ3v) is 3.33. The molecule has 140 valence electrons. The molecule has 3 atom stereocenters. The second-order valence-electron chi connectivity index (χ2n) is 7.44. The summed E-state index contributed by atoms with van der Waals surface area (Å²) >= 11 is 0. The van der Waals surface area contributed by atoms with Crippen LogP contribution in [0.2, 0.25) is 0 Å². The van der Waals surface area contributed by atoms with Crippen LogP contribution in [0.3, 0.4) is 0 Å². The van der Waals surface area contributed by atoms with Gasteiger partial charge in [-0.25, -0.2) is 0 Å². The van der Waals surface area contributed by atoms with Crippen molar-refractivity contribution < 1.29 is 38.9 Å². The number of quaternary nitrogens is 1. The zero-order chi connectivity index (χ0) is 19.1. The Balaban J connectivity index is 5.30. The number of likely N-dealkylation sites (N-methyl/N-ethyl adjacent to an activating group) is 1. The Morgan fingerprint density at radius 1 is 1.17 bits per heavy atom. The van der Waals surface area contributed by atoms with Gasteiger partial charge in [0.2, 0.25) is 0 Å². The topological polar surface area (TPSA) is 124 Å². The Hall–Kier alpha value is -1.67. The van der Waals surface area contributed by atoms with Gasteiger partial charge in [0.1, 0.15) is 12.5 Å². The molecule has 0 aromatic rings. The van der Waals surface area contributed by atoms with Crippen LogP contribution in [0.4, 0.5) is 0 Å². The lowest BCUT2D eigenvalue weighted by molar-refractivity contribution is -0.873. The van der Waals surface area contributed by atoms with Gasteiger partial charge in [0.25, 0.3) is 0 Å². The largest absolute Gasteiger partial charge is 0.550 e. The highest BCUT2D eigenvalue weighted by atomic mass is 16.5. The Bertz CT molecular complexity index is 442. The van der Waals surface area contributed by atoms with Crippen LogP contribution in [0, 0.1) is 11.8 Å². The molecule has 3 unspecified atom stereocenters. The molecule has 0 rings (SSSR count). The van der Waals surface area contributed by atoms with Crippen molar-refractivity contribution in [3.8, 4) is 0 Å². The van der Waals surface area contributed by atoms with Gasteiger partial charge in [-0.3, -0.25) is 9.59 Å². The van der Waals surface area contributed by atoms with Gasteiger partial charge in [-0.05, 0) is 18.8 Å². The fraction of sp³-hybridized carbons (Fsp3) is 0.812. The molecule has 0 aliphatic heterocycles. The summed E-state index contributed by atoms with van der Waals surface area (Å²) in [6, 6.07) is 0. The fourth-order valence-electron chi connectivity index (χ4n) is 2.33. The van der Waals surface area contributed by atoms with Gasteiger partial charge in [0.05, 0.1) is 27.2 Å². The van der Waals surface area contributed by atoms with E-state index in [9.17, 15) is 29.7 Å². The van der Waals surface area contributed by atoms with Crippen molar-refractivity contribution in [3.63, 3.8) is 0 Å². The number of hydrogen-bond acceptors (Lipinski definition) is 6. The molecule has 0 fully saturated rings. The van der Waals surface area contributed by atoms with Gasteiger partial charge in [-0.15, -0.1) is 0 Å². The summed E-state index contributed by atoms with van der Waals surface area (Å²) in [6.07, 6.45) is -3.14. The van der Waals surface area contributed by atoms with Gasteiger partial charge >= 0.3 is 11.9 Å². The first-order valence-corrected chi connectivity index (χ1v) is 7.94. The number of carboxylic acid groups (broad SMARTS) is 2. The quantitative estimate of drug-likeness (QED) is 0.372. The Labute approximate surface area is 142 Å². The maximum atomic E-state index is 12.0. The molecule has 0 aliphatic carbocycles. The lowest BCUT2D eigenvalue weighted by atomic mass is 9.91. The zero-order valence-electron chi connectivity index (χ0n) is 15.0. The number of rotatable bonds is 11. The first-order valence-electron chi connectivity index (χ1n) is 7.94. The Kier molecular flexibility index (Phi) is 8.92. The molecule has 0 amide bonds. The molecule has 24 heavy (non-hydrogen) atoms. The van der Waals surface area contributed by atoms with Crippen molar-refractivity contribution in [2.24, 2.45) is 11.8 Å². The van der Waals surface area contributed by atoms with Crippen LogP contribution in [0.15, 0.2) is 0 Å². The minimum Gasteiger partial charge on any atom is -0.550 e. The van der Waals surface area contributed by atoms with E-state index in [4.69, 9.17) is 4.74 Å². The van der Waals surface area contributed by atoms with E-state index in [2.05, 4.69) is 0 Å². The summed E-state index contributed by atoms with van der Waals surface area (Å²) in [6.45, 7) is 3.84. The molecule has 0 spiro atoms. The first kappa shape index (κ1) is 22.3.